The Labute approximate surface area is 153 Å². The first-order chi connectivity index (χ1) is 12.6. The number of carbonyl (C=O) groups is 1. The lowest BCUT2D eigenvalue weighted by molar-refractivity contribution is 0.0955. The fourth-order valence-corrected chi connectivity index (χ4v) is 3.04. The molecule has 0 saturated heterocycles. The van der Waals surface area contributed by atoms with Gasteiger partial charge in [0.1, 0.15) is 11.2 Å². The smallest absolute Gasteiger partial charge is 0.259 e. The van der Waals surface area contributed by atoms with Gasteiger partial charge in [-0.2, -0.15) is 5.10 Å². The van der Waals surface area contributed by atoms with E-state index in [2.05, 4.69) is 15.4 Å². The maximum atomic E-state index is 12.5. The van der Waals surface area contributed by atoms with Gasteiger partial charge < -0.3 is 10.3 Å². The number of hydrogen-bond donors (Lipinski definition) is 2. The van der Waals surface area contributed by atoms with E-state index in [0.717, 1.165) is 5.56 Å². The van der Waals surface area contributed by atoms with Crippen LogP contribution in [0, 0.1) is 0 Å². The van der Waals surface area contributed by atoms with Crippen LogP contribution >= 0.6 is 11.6 Å². The predicted molar refractivity (Wildman–Crippen MR) is 101 cm³/mol. The average molecular weight is 367 g/mol. The predicted octanol–water partition coefficient (Wildman–Crippen LogP) is 2.80. The Bertz CT molecular complexity index is 1160. The Balaban J connectivity index is 1.57. The first kappa shape index (κ1) is 16.4. The van der Waals surface area contributed by atoms with Crippen LogP contribution in [-0.2, 0) is 6.42 Å². The molecule has 0 aliphatic carbocycles. The van der Waals surface area contributed by atoms with E-state index in [9.17, 15) is 9.59 Å². The van der Waals surface area contributed by atoms with E-state index in [1.54, 1.807) is 22.7 Å². The summed E-state index contributed by atoms with van der Waals surface area (Å²) in [6, 6.07) is 14.6. The van der Waals surface area contributed by atoms with Crippen LogP contribution in [0.4, 0.5) is 0 Å². The second-order valence-corrected chi connectivity index (χ2v) is 6.36. The molecule has 4 rings (SSSR count). The van der Waals surface area contributed by atoms with Gasteiger partial charge >= 0.3 is 0 Å². The van der Waals surface area contributed by atoms with Gasteiger partial charge in [-0.1, -0.05) is 35.9 Å². The number of aromatic nitrogens is 3. The highest BCUT2D eigenvalue weighted by molar-refractivity contribution is 6.30. The van der Waals surface area contributed by atoms with Crippen LogP contribution in [-0.4, -0.2) is 27.0 Å². The van der Waals surface area contributed by atoms with Crippen molar-refractivity contribution in [2.75, 3.05) is 6.54 Å². The number of H-pyrrole nitrogens is 1. The Hall–Kier alpha value is -3.12. The molecule has 0 spiro atoms. The molecule has 0 radical (unpaired) electrons. The molecule has 0 aliphatic rings. The molecule has 2 N–H and O–H groups in total. The van der Waals surface area contributed by atoms with Gasteiger partial charge in [0.05, 0.1) is 17.1 Å². The molecule has 130 valence electrons. The molecular formula is C19H15ClN4O2. The van der Waals surface area contributed by atoms with Gasteiger partial charge in [-0.3, -0.25) is 9.59 Å². The van der Waals surface area contributed by atoms with E-state index in [1.165, 1.54) is 6.20 Å². The summed E-state index contributed by atoms with van der Waals surface area (Å²) in [5.74, 6) is -0.278. The van der Waals surface area contributed by atoms with Gasteiger partial charge in [-0.05, 0) is 36.2 Å². The molecule has 6 nitrogen and oxygen atoms in total. The van der Waals surface area contributed by atoms with Gasteiger partial charge in [-0.15, -0.1) is 0 Å². The zero-order chi connectivity index (χ0) is 18.1. The van der Waals surface area contributed by atoms with Crippen molar-refractivity contribution in [1.82, 2.24) is 19.9 Å². The molecular weight excluding hydrogens is 352 g/mol. The Kier molecular flexibility index (Phi) is 4.18. The number of aromatic amines is 1. The molecule has 0 unspecified atom stereocenters. The molecule has 0 atom stereocenters. The van der Waals surface area contributed by atoms with Crippen LogP contribution < -0.4 is 10.9 Å². The molecule has 0 saturated carbocycles. The number of nitrogens with zero attached hydrogens (tertiary/aromatic N) is 2. The van der Waals surface area contributed by atoms with E-state index in [4.69, 9.17) is 11.6 Å². The molecule has 2 heterocycles. The first-order valence-electron chi connectivity index (χ1n) is 8.15. The summed E-state index contributed by atoms with van der Waals surface area (Å²) in [7, 11) is 0. The second-order valence-electron chi connectivity index (χ2n) is 5.92. The standard InChI is InChI=1S/C19H15ClN4O2/c20-13-7-5-12(6-8-13)9-10-21-18(25)15-11-22-24-16-4-2-1-3-14(16)19(26)23-17(15)24/h1-8,11H,9-10H2,(H,21,25)(H,23,26). The quantitative estimate of drug-likeness (QED) is 0.583. The number of amides is 1. The van der Waals surface area contributed by atoms with Crippen LogP contribution in [0.3, 0.4) is 0 Å². The third-order valence-corrected chi connectivity index (χ3v) is 4.49. The summed E-state index contributed by atoms with van der Waals surface area (Å²) in [6.07, 6.45) is 2.15. The van der Waals surface area contributed by atoms with Crippen LogP contribution in [0.2, 0.25) is 5.02 Å². The average Bonchev–Trinajstić information content (AvgIpc) is 3.07. The van der Waals surface area contributed by atoms with Crippen molar-refractivity contribution in [2.45, 2.75) is 6.42 Å². The summed E-state index contributed by atoms with van der Waals surface area (Å²) in [5, 5.41) is 8.32. The highest BCUT2D eigenvalue weighted by Gasteiger charge is 2.15. The lowest BCUT2D eigenvalue weighted by Crippen LogP contribution is -2.26. The summed E-state index contributed by atoms with van der Waals surface area (Å²) in [4.78, 5) is 27.5. The van der Waals surface area contributed by atoms with E-state index in [1.807, 2.05) is 30.3 Å². The fraction of sp³-hybridized carbons (Fsp3) is 0.105. The number of hydrogen-bond acceptors (Lipinski definition) is 3. The number of halogens is 1. The van der Waals surface area contributed by atoms with Crippen LogP contribution in [0.15, 0.2) is 59.5 Å². The highest BCUT2D eigenvalue weighted by atomic mass is 35.5. The summed E-state index contributed by atoms with van der Waals surface area (Å²) in [5.41, 5.74) is 2.21. The molecule has 1 amide bonds. The summed E-state index contributed by atoms with van der Waals surface area (Å²) >= 11 is 5.87. The third kappa shape index (κ3) is 2.95. The minimum Gasteiger partial charge on any atom is -0.352 e. The van der Waals surface area contributed by atoms with Crippen molar-refractivity contribution < 1.29 is 4.79 Å². The van der Waals surface area contributed by atoms with Crippen molar-refractivity contribution in [1.29, 1.82) is 0 Å². The molecule has 26 heavy (non-hydrogen) atoms. The normalized spacial score (nSPS) is 11.1. The SMILES string of the molecule is O=C(NCCc1ccc(Cl)cc1)c1cnn2c1[nH]c(=O)c1ccccc12. The number of nitrogens with one attached hydrogen (secondary N) is 2. The summed E-state index contributed by atoms with van der Waals surface area (Å²) in [6.45, 7) is 0.468. The second kappa shape index (κ2) is 6.65. The van der Waals surface area contributed by atoms with Crippen LogP contribution in [0.25, 0.3) is 16.6 Å². The lowest BCUT2D eigenvalue weighted by Gasteiger charge is -2.05. The van der Waals surface area contributed by atoms with Gasteiger partial charge in [-0.25, -0.2) is 4.52 Å². The molecule has 2 aromatic carbocycles. The topological polar surface area (TPSA) is 79.3 Å². The number of rotatable bonds is 4. The van der Waals surface area contributed by atoms with E-state index >= 15 is 0 Å². The van der Waals surface area contributed by atoms with Crippen LogP contribution in [0.5, 0.6) is 0 Å². The number of fused-ring (bicyclic) bond motifs is 3. The number of para-hydroxylation sites is 1. The monoisotopic (exact) mass is 366 g/mol. The largest absolute Gasteiger partial charge is 0.352 e. The fourth-order valence-electron chi connectivity index (χ4n) is 2.91. The van der Waals surface area contributed by atoms with E-state index in [-0.39, 0.29) is 11.5 Å². The van der Waals surface area contributed by atoms with Gasteiger partial charge in [0.2, 0.25) is 0 Å². The highest BCUT2D eigenvalue weighted by Crippen LogP contribution is 2.14. The van der Waals surface area contributed by atoms with Crippen molar-refractivity contribution in [3.05, 3.63) is 81.2 Å². The van der Waals surface area contributed by atoms with Crippen molar-refractivity contribution in [3.8, 4) is 0 Å². The first-order valence-corrected chi connectivity index (χ1v) is 8.53. The maximum Gasteiger partial charge on any atom is 0.259 e. The minimum atomic E-state index is -0.278. The van der Waals surface area contributed by atoms with Crippen molar-refractivity contribution >= 4 is 34.1 Å². The molecule has 7 heteroatoms. The van der Waals surface area contributed by atoms with Gasteiger partial charge in [0.15, 0.2) is 0 Å². The zero-order valence-corrected chi connectivity index (χ0v) is 14.5. The number of benzene rings is 2. The van der Waals surface area contributed by atoms with Crippen molar-refractivity contribution in [3.63, 3.8) is 0 Å². The van der Waals surface area contributed by atoms with Crippen molar-refractivity contribution in [2.24, 2.45) is 0 Å². The van der Waals surface area contributed by atoms with Crippen LogP contribution in [0.1, 0.15) is 15.9 Å². The zero-order valence-electron chi connectivity index (χ0n) is 13.7. The van der Waals surface area contributed by atoms with E-state index in [0.29, 0.717) is 40.1 Å². The Morgan fingerprint density at radius 3 is 2.73 bits per heavy atom. The third-order valence-electron chi connectivity index (χ3n) is 4.24. The van der Waals surface area contributed by atoms with Gasteiger partial charge in [0.25, 0.3) is 11.5 Å². The molecule has 0 fully saturated rings. The minimum absolute atomic E-state index is 0.246. The van der Waals surface area contributed by atoms with E-state index < -0.39 is 0 Å². The molecule has 4 aromatic rings. The number of carbonyl (C=O) groups excluding carboxylic acids is 1. The summed E-state index contributed by atoms with van der Waals surface area (Å²) < 4.78 is 1.57. The van der Waals surface area contributed by atoms with Gasteiger partial charge in [0, 0.05) is 11.6 Å². The Morgan fingerprint density at radius 2 is 1.92 bits per heavy atom. The lowest BCUT2D eigenvalue weighted by atomic mass is 10.1. The molecule has 0 bridgehead atoms. The maximum absolute atomic E-state index is 12.5. The molecule has 0 aliphatic heterocycles. The molecule has 2 aromatic heterocycles. The Morgan fingerprint density at radius 1 is 1.15 bits per heavy atom.